The number of benzene rings is 2. The number of nitro benzene ring substituents is 1. The van der Waals surface area contributed by atoms with E-state index < -0.39 is 4.92 Å². The van der Waals surface area contributed by atoms with Gasteiger partial charge in [-0.25, -0.2) is 0 Å². The number of hydrogen-bond acceptors (Lipinski definition) is 4. The van der Waals surface area contributed by atoms with Gasteiger partial charge in [-0.2, -0.15) is 0 Å². The van der Waals surface area contributed by atoms with Crippen molar-refractivity contribution < 1.29 is 4.92 Å². The van der Waals surface area contributed by atoms with Crippen LogP contribution in [0.2, 0.25) is 0 Å². The van der Waals surface area contributed by atoms with E-state index in [-0.39, 0.29) is 5.69 Å². The normalized spacial score (nSPS) is 10.2. The lowest BCUT2D eigenvalue weighted by Gasteiger charge is -2.09. The summed E-state index contributed by atoms with van der Waals surface area (Å²) >= 11 is 3.18. The van der Waals surface area contributed by atoms with Crippen LogP contribution in [0.4, 0.5) is 17.1 Å². The van der Waals surface area contributed by atoms with Gasteiger partial charge >= 0.3 is 0 Å². The summed E-state index contributed by atoms with van der Waals surface area (Å²) in [6, 6.07) is 12.4. The van der Waals surface area contributed by atoms with Crippen molar-refractivity contribution in [2.24, 2.45) is 0 Å². The van der Waals surface area contributed by atoms with Crippen LogP contribution >= 0.6 is 15.9 Å². The van der Waals surface area contributed by atoms with Gasteiger partial charge in [0.05, 0.1) is 9.40 Å². The molecule has 0 radical (unpaired) electrons. The Hall–Kier alpha value is -2.08. The Morgan fingerprint density at radius 1 is 1.26 bits per heavy atom. The second kappa shape index (κ2) is 5.71. The number of nitrogens with one attached hydrogen (secondary N) is 1. The lowest BCUT2D eigenvalue weighted by atomic mass is 10.2. The summed E-state index contributed by atoms with van der Waals surface area (Å²) in [7, 11) is 0. The molecule has 0 aliphatic carbocycles. The molecule has 2 aromatic carbocycles. The Labute approximate surface area is 118 Å². The predicted octanol–water partition coefficient (Wildman–Crippen LogP) is 3.55. The van der Waals surface area contributed by atoms with E-state index in [0.29, 0.717) is 11.0 Å². The summed E-state index contributed by atoms with van der Waals surface area (Å²) in [5.74, 6) is 0. The maximum Gasteiger partial charge on any atom is 0.283 e. The van der Waals surface area contributed by atoms with Crippen LogP contribution in [0.3, 0.4) is 0 Å². The molecule has 98 valence electrons. The van der Waals surface area contributed by atoms with Crippen molar-refractivity contribution in [3.63, 3.8) is 0 Å². The summed E-state index contributed by atoms with van der Waals surface area (Å²) in [6.07, 6.45) is 0. The van der Waals surface area contributed by atoms with E-state index in [1.165, 1.54) is 6.07 Å². The molecule has 0 fully saturated rings. The smallest absolute Gasteiger partial charge is 0.283 e. The highest BCUT2D eigenvalue weighted by Crippen LogP contribution is 2.28. The molecule has 0 saturated carbocycles. The first-order valence-electron chi connectivity index (χ1n) is 5.59. The van der Waals surface area contributed by atoms with Crippen molar-refractivity contribution in [1.29, 1.82) is 0 Å². The van der Waals surface area contributed by atoms with Crippen LogP contribution in [0, 0.1) is 10.1 Å². The van der Waals surface area contributed by atoms with Crippen molar-refractivity contribution >= 4 is 33.0 Å². The monoisotopic (exact) mass is 321 g/mol. The summed E-state index contributed by atoms with van der Waals surface area (Å²) in [5.41, 5.74) is 8.38. The number of rotatable bonds is 4. The highest BCUT2D eigenvalue weighted by atomic mass is 79.9. The van der Waals surface area contributed by atoms with Gasteiger partial charge in [0.15, 0.2) is 0 Å². The largest absolute Gasteiger partial charge is 0.398 e. The van der Waals surface area contributed by atoms with Crippen molar-refractivity contribution in [3.05, 3.63) is 62.6 Å². The minimum Gasteiger partial charge on any atom is -0.398 e. The number of anilines is 2. The zero-order chi connectivity index (χ0) is 13.8. The molecule has 0 aliphatic heterocycles. The van der Waals surface area contributed by atoms with E-state index in [1.807, 2.05) is 24.3 Å². The molecule has 0 atom stereocenters. The molecule has 0 bridgehead atoms. The Bertz CT molecular complexity index is 617. The van der Waals surface area contributed by atoms with Crippen LogP contribution in [0.25, 0.3) is 0 Å². The molecule has 5 nitrogen and oxygen atoms in total. The average Bonchev–Trinajstić information content (AvgIpc) is 2.37. The molecule has 0 aromatic heterocycles. The second-order valence-corrected chi connectivity index (χ2v) is 4.83. The Kier molecular flexibility index (Phi) is 4.01. The van der Waals surface area contributed by atoms with Gasteiger partial charge in [0.1, 0.15) is 0 Å². The fourth-order valence-corrected chi connectivity index (χ4v) is 2.18. The van der Waals surface area contributed by atoms with Crippen LogP contribution in [-0.4, -0.2) is 4.92 Å². The van der Waals surface area contributed by atoms with Crippen LogP contribution in [0.5, 0.6) is 0 Å². The number of nitrogens with zero attached hydrogens (tertiary/aromatic N) is 1. The van der Waals surface area contributed by atoms with Gasteiger partial charge in [0.2, 0.25) is 0 Å². The van der Waals surface area contributed by atoms with Crippen molar-refractivity contribution in [2.75, 3.05) is 11.1 Å². The number of nitrogens with two attached hydrogens (primary N) is 1. The van der Waals surface area contributed by atoms with Gasteiger partial charge in [-0.15, -0.1) is 0 Å². The molecule has 2 aromatic rings. The highest BCUT2D eigenvalue weighted by Gasteiger charge is 2.11. The van der Waals surface area contributed by atoms with Gasteiger partial charge in [-0.05, 0) is 39.7 Å². The maximum atomic E-state index is 10.7. The molecule has 19 heavy (non-hydrogen) atoms. The number of nitrogen functional groups attached to an aromatic ring is 1. The standard InChI is InChI=1S/C13H12BrN3O2/c14-11-7-10(5-6-13(11)17(18)19)16-8-9-3-1-2-4-12(9)15/h1-7,16H,8,15H2. The third kappa shape index (κ3) is 3.23. The van der Waals surface area contributed by atoms with E-state index in [2.05, 4.69) is 21.2 Å². The zero-order valence-corrected chi connectivity index (χ0v) is 11.6. The van der Waals surface area contributed by atoms with E-state index in [4.69, 9.17) is 5.73 Å². The van der Waals surface area contributed by atoms with E-state index in [0.717, 1.165) is 16.9 Å². The molecule has 3 N–H and O–H groups in total. The SMILES string of the molecule is Nc1ccccc1CNc1ccc([N+](=O)[O-])c(Br)c1. The van der Waals surface area contributed by atoms with E-state index >= 15 is 0 Å². The van der Waals surface area contributed by atoms with Crippen LogP contribution in [0.15, 0.2) is 46.9 Å². The Morgan fingerprint density at radius 3 is 2.63 bits per heavy atom. The van der Waals surface area contributed by atoms with Gasteiger partial charge in [-0.1, -0.05) is 18.2 Å². The number of para-hydroxylation sites is 1. The molecule has 0 aliphatic rings. The van der Waals surface area contributed by atoms with Crippen LogP contribution < -0.4 is 11.1 Å². The maximum absolute atomic E-state index is 10.7. The molecule has 0 unspecified atom stereocenters. The Morgan fingerprint density at radius 2 is 2.00 bits per heavy atom. The number of halogens is 1. The second-order valence-electron chi connectivity index (χ2n) is 3.98. The molecule has 0 spiro atoms. The summed E-state index contributed by atoms with van der Waals surface area (Å²) in [4.78, 5) is 10.3. The van der Waals surface area contributed by atoms with Gasteiger partial charge in [0.25, 0.3) is 5.69 Å². The lowest BCUT2D eigenvalue weighted by Crippen LogP contribution is -2.02. The number of nitro groups is 1. The molecule has 2 rings (SSSR count). The van der Waals surface area contributed by atoms with Crippen molar-refractivity contribution in [3.8, 4) is 0 Å². The van der Waals surface area contributed by atoms with Gasteiger partial charge < -0.3 is 11.1 Å². The van der Waals surface area contributed by atoms with Gasteiger partial charge in [0, 0.05) is 24.0 Å². The summed E-state index contributed by atoms with van der Waals surface area (Å²) in [6.45, 7) is 0.566. The number of hydrogen-bond donors (Lipinski definition) is 2. The first-order valence-corrected chi connectivity index (χ1v) is 6.38. The van der Waals surface area contributed by atoms with Crippen molar-refractivity contribution in [2.45, 2.75) is 6.54 Å². The molecule has 0 amide bonds. The van der Waals surface area contributed by atoms with Crippen LogP contribution in [0.1, 0.15) is 5.56 Å². The first-order chi connectivity index (χ1) is 9.08. The Balaban J connectivity index is 2.11. The van der Waals surface area contributed by atoms with Crippen LogP contribution in [-0.2, 0) is 6.54 Å². The topological polar surface area (TPSA) is 81.2 Å². The third-order valence-electron chi connectivity index (χ3n) is 2.68. The minimum atomic E-state index is -0.428. The van der Waals surface area contributed by atoms with E-state index in [9.17, 15) is 10.1 Å². The quantitative estimate of drug-likeness (QED) is 0.512. The molecule has 6 heteroatoms. The fraction of sp³-hybridized carbons (Fsp3) is 0.0769. The minimum absolute atomic E-state index is 0.0461. The third-order valence-corrected chi connectivity index (χ3v) is 3.32. The van der Waals surface area contributed by atoms with Crippen molar-refractivity contribution in [1.82, 2.24) is 0 Å². The van der Waals surface area contributed by atoms with E-state index in [1.54, 1.807) is 12.1 Å². The summed E-state index contributed by atoms with van der Waals surface area (Å²) in [5, 5.41) is 13.9. The molecule has 0 saturated heterocycles. The average molecular weight is 322 g/mol. The first kappa shape index (κ1) is 13.4. The summed E-state index contributed by atoms with van der Waals surface area (Å²) < 4.78 is 0.448. The highest BCUT2D eigenvalue weighted by molar-refractivity contribution is 9.10. The predicted molar refractivity (Wildman–Crippen MR) is 79.0 cm³/mol. The molecular weight excluding hydrogens is 310 g/mol. The molecule has 0 heterocycles. The fourth-order valence-electron chi connectivity index (χ4n) is 1.66. The zero-order valence-electron chi connectivity index (χ0n) is 9.97. The lowest BCUT2D eigenvalue weighted by molar-refractivity contribution is -0.385. The molecular formula is C13H12BrN3O2. The van der Waals surface area contributed by atoms with Gasteiger partial charge in [-0.3, -0.25) is 10.1 Å².